The van der Waals surface area contributed by atoms with Gasteiger partial charge in [-0.05, 0) is 31.2 Å². The minimum Gasteiger partial charge on any atom is -0.340 e. The van der Waals surface area contributed by atoms with Crippen LogP contribution in [0.5, 0.6) is 0 Å². The first-order valence-corrected chi connectivity index (χ1v) is 7.35. The summed E-state index contributed by atoms with van der Waals surface area (Å²) in [5.74, 6) is 0.713. The van der Waals surface area contributed by atoms with Gasteiger partial charge in [0.1, 0.15) is 5.69 Å². The molecule has 0 aromatic carbocycles. The van der Waals surface area contributed by atoms with Crippen LogP contribution in [-0.4, -0.2) is 39.0 Å². The third-order valence-corrected chi connectivity index (χ3v) is 4.32. The molecule has 1 saturated carbocycles. The fraction of sp³-hybridized carbons (Fsp3) is 0.692. The Bertz CT molecular complexity index is 437. The van der Waals surface area contributed by atoms with Gasteiger partial charge in [-0.2, -0.15) is 5.10 Å². The van der Waals surface area contributed by atoms with Gasteiger partial charge in [0.15, 0.2) is 0 Å². The molecule has 0 atom stereocenters. The lowest BCUT2D eigenvalue weighted by Gasteiger charge is -2.34. The van der Waals surface area contributed by atoms with Gasteiger partial charge in [0.2, 0.25) is 0 Å². The van der Waals surface area contributed by atoms with Crippen molar-refractivity contribution in [2.45, 2.75) is 31.0 Å². The molecule has 0 bridgehead atoms. The second-order valence-electron chi connectivity index (χ2n) is 5.12. The number of carbonyl (C=O) groups is 1. The van der Waals surface area contributed by atoms with Gasteiger partial charge >= 0.3 is 0 Å². The molecule has 1 heterocycles. The van der Waals surface area contributed by atoms with Crippen molar-refractivity contribution in [2.75, 3.05) is 13.6 Å². The predicted octanol–water partition coefficient (Wildman–Crippen LogP) is 2.23. The summed E-state index contributed by atoms with van der Waals surface area (Å²) >= 11 is 3.58. The van der Waals surface area contributed by atoms with Gasteiger partial charge in [0, 0.05) is 25.5 Å². The first-order chi connectivity index (χ1) is 8.51. The van der Waals surface area contributed by atoms with E-state index in [1.165, 1.54) is 12.8 Å². The molecule has 5 heteroatoms. The van der Waals surface area contributed by atoms with Gasteiger partial charge in [-0.25, -0.2) is 0 Å². The molecule has 100 valence electrons. The third kappa shape index (κ3) is 2.76. The van der Waals surface area contributed by atoms with E-state index in [1.54, 1.807) is 4.68 Å². The molecule has 0 spiro atoms. The number of alkyl halides is 1. The summed E-state index contributed by atoms with van der Waals surface area (Å²) in [6.45, 7) is 2.89. The summed E-state index contributed by atoms with van der Waals surface area (Å²) in [4.78, 5) is 14.8. The lowest BCUT2D eigenvalue weighted by atomic mass is 9.85. The topological polar surface area (TPSA) is 38.1 Å². The van der Waals surface area contributed by atoms with Crippen LogP contribution in [0.2, 0.25) is 0 Å². The number of rotatable bonds is 4. The average Bonchev–Trinajstić information content (AvgIpc) is 2.67. The van der Waals surface area contributed by atoms with E-state index in [9.17, 15) is 4.79 Å². The Kier molecular flexibility index (Phi) is 4.10. The SMILES string of the molecule is CCc1cc(C(=O)N(C)CC2CC(Br)C2)n(C)n1. The van der Waals surface area contributed by atoms with Crippen LogP contribution in [0.1, 0.15) is 35.9 Å². The minimum atomic E-state index is 0.0720. The van der Waals surface area contributed by atoms with Crippen LogP contribution in [0.4, 0.5) is 0 Å². The van der Waals surface area contributed by atoms with E-state index in [0.29, 0.717) is 16.4 Å². The third-order valence-electron chi connectivity index (χ3n) is 3.57. The van der Waals surface area contributed by atoms with Crippen LogP contribution in [0.3, 0.4) is 0 Å². The zero-order valence-electron chi connectivity index (χ0n) is 11.2. The number of aromatic nitrogens is 2. The molecule has 0 N–H and O–H groups in total. The highest BCUT2D eigenvalue weighted by molar-refractivity contribution is 9.09. The molecule has 1 amide bonds. The Morgan fingerprint density at radius 1 is 1.61 bits per heavy atom. The van der Waals surface area contributed by atoms with Crippen LogP contribution in [0.25, 0.3) is 0 Å². The fourth-order valence-electron chi connectivity index (χ4n) is 2.37. The predicted molar refractivity (Wildman–Crippen MR) is 75.0 cm³/mol. The van der Waals surface area contributed by atoms with E-state index in [4.69, 9.17) is 0 Å². The Labute approximate surface area is 116 Å². The number of halogens is 1. The summed E-state index contributed by atoms with van der Waals surface area (Å²) in [6.07, 6.45) is 3.20. The summed E-state index contributed by atoms with van der Waals surface area (Å²) in [6, 6.07) is 1.90. The van der Waals surface area contributed by atoms with Crippen molar-refractivity contribution in [3.8, 4) is 0 Å². The molecule has 1 aliphatic rings. The Hall–Kier alpha value is -0.840. The molecule has 0 saturated heterocycles. The van der Waals surface area contributed by atoms with E-state index in [1.807, 2.05) is 32.0 Å². The van der Waals surface area contributed by atoms with Gasteiger partial charge in [-0.3, -0.25) is 9.48 Å². The smallest absolute Gasteiger partial charge is 0.271 e. The number of amides is 1. The Morgan fingerprint density at radius 2 is 2.28 bits per heavy atom. The van der Waals surface area contributed by atoms with E-state index < -0.39 is 0 Å². The zero-order valence-corrected chi connectivity index (χ0v) is 12.8. The first-order valence-electron chi connectivity index (χ1n) is 6.43. The quantitative estimate of drug-likeness (QED) is 0.799. The largest absolute Gasteiger partial charge is 0.340 e. The maximum absolute atomic E-state index is 12.3. The van der Waals surface area contributed by atoms with Gasteiger partial charge in [0.05, 0.1) is 5.69 Å². The molecule has 1 aromatic heterocycles. The lowest BCUT2D eigenvalue weighted by Crippen LogP contribution is -2.38. The number of hydrogen-bond acceptors (Lipinski definition) is 2. The number of aryl methyl sites for hydroxylation is 2. The molecular weight excluding hydrogens is 294 g/mol. The average molecular weight is 314 g/mol. The highest BCUT2D eigenvalue weighted by Crippen LogP contribution is 2.33. The van der Waals surface area contributed by atoms with Crippen molar-refractivity contribution < 1.29 is 4.79 Å². The summed E-state index contributed by atoms with van der Waals surface area (Å²) in [7, 11) is 3.71. The van der Waals surface area contributed by atoms with Crippen molar-refractivity contribution >= 4 is 21.8 Å². The molecule has 0 unspecified atom stereocenters. The summed E-state index contributed by atoms with van der Waals surface area (Å²) < 4.78 is 1.69. The second kappa shape index (κ2) is 5.43. The van der Waals surface area contributed by atoms with Crippen molar-refractivity contribution in [2.24, 2.45) is 13.0 Å². The van der Waals surface area contributed by atoms with Gasteiger partial charge in [-0.1, -0.05) is 22.9 Å². The van der Waals surface area contributed by atoms with Gasteiger partial charge in [0.25, 0.3) is 5.91 Å². The summed E-state index contributed by atoms with van der Waals surface area (Å²) in [5.41, 5.74) is 1.66. The van der Waals surface area contributed by atoms with Crippen molar-refractivity contribution in [1.82, 2.24) is 14.7 Å². The van der Waals surface area contributed by atoms with Crippen molar-refractivity contribution in [3.63, 3.8) is 0 Å². The lowest BCUT2D eigenvalue weighted by molar-refractivity contribution is 0.0738. The Morgan fingerprint density at radius 3 is 2.78 bits per heavy atom. The molecule has 2 rings (SSSR count). The summed E-state index contributed by atoms with van der Waals surface area (Å²) in [5, 5.41) is 4.32. The normalized spacial score (nSPS) is 22.7. The maximum atomic E-state index is 12.3. The van der Waals surface area contributed by atoms with Crippen LogP contribution in [0, 0.1) is 5.92 Å². The van der Waals surface area contributed by atoms with Crippen LogP contribution < -0.4 is 0 Å². The van der Waals surface area contributed by atoms with E-state index >= 15 is 0 Å². The number of carbonyl (C=O) groups excluding carboxylic acids is 1. The highest BCUT2D eigenvalue weighted by atomic mass is 79.9. The van der Waals surface area contributed by atoms with Crippen molar-refractivity contribution in [1.29, 1.82) is 0 Å². The molecule has 1 fully saturated rings. The molecular formula is C13H20BrN3O. The highest BCUT2D eigenvalue weighted by Gasteiger charge is 2.29. The minimum absolute atomic E-state index is 0.0720. The second-order valence-corrected chi connectivity index (χ2v) is 6.41. The maximum Gasteiger partial charge on any atom is 0.271 e. The molecule has 0 radical (unpaired) electrons. The fourth-order valence-corrected chi connectivity index (χ4v) is 3.43. The van der Waals surface area contributed by atoms with E-state index in [0.717, 1.165) is 18.7 Å². The molecule has 1 aromatic rings. The Balaban J connectivity index is 1.98. The standard InChI is InChI=1S/C13H20BrN3O/c1-4-11-7-12(17(3)15-11)13(18)16(2)8-9-5-10(14)6-9/h7,9-10H,4-6,8H2,1-3H3. The van der Waals surface area contributed by atoms with Crippen LogP contribution in [0.15, 0.2) is 6.07 Å². The van der Waals surface area contributed by atoms with Crippen LogP contribution >= 0.6 is 15.9 Å². The van der Waals surface area contributed by atoms with Gasteiger partial charge < -0.3 is 4.90 Å². The molecule has 0 aliphatic heterocycles. The zero-order chi connectivity index (χ0) is 13.3. The van der Waals surface area contributed by atoms with E-state index in [2.05, 4.69) is 21.0 Å². The van der Waals surface area contributed by atoms with Crippen molar-refractivity contribution in [3.05, 3.63) is 17.5 Å². The monoisotopic (exact) mass is 313 g/mol. The molecule has 4 nitrogen and oxygen atoms in total. The van der Waals surface area contributed by atoms with Gasteiger partial charge in [-0.15, -0.1) is 0 Å². The first kappa shape index (κ1) is 13.6. The number of nitrogens with zero attached hydrogens (tertiary/aromatic N) is 3. The van der Waals surface area contributed by atoms with E-state index in [-0.39, 0.29) is 5.91 Å². The number of hydrogen-bond donors (Lipinski definition) is 0. The molecule has 18 heavy (non-hydrogen) atoms. The van der Waals surface area contributed by atoms with Crippen LogP contribution in [-0.2, 0) is 13.5 Å². The molecule has 1 aliphatic carbocycles.